The molecule has 3 aliphatic rings. The van der Waals surface area contributed by atoms with Crippen molar-refractivity contribution in [2.75, 3.05) is 23.4 Å². The average molecular weight is 549 g/mol. The van der Waals surface area contributed by atoms with E-state index in [0.717, 1.165) is 6.07 Å². The Kier molecular flexibility index (Phi) is 5.90. The molecule has 206 valence electrons. The second kappa shape index (κ2) is 8.97. The van der Waals surface area contributed by atoms with Crippen LogP contribution in [0.2, 0.25) is 0 Å². The molecular formula is C26H25F5N6O2. The second-order valence-electron chi connectivity index (χ2n) is 10.6. The first-order chi connectivity index (χ1) is 18.4. The van der Waals surface area contributed by atoms with Crippen molar-refractivity contribution in [3.63, 3.8) is 0 Å². The zero-order valence-corrected chi connectivity index (χ0v) is 20.9. The van der Waals surface area contributed by atoms with Gasteiger partial charge in [-0.3, -0.25) is 9.69 Å². The van der Waals surface area contributed by atoms with Gasteiger partial charge in [-0.2, -0.15) is 13.2 Å². The van der Waals surface area contributed by atoms with Crippen molar-refractivity contribution < 1.29 is 31.5 Å². The molecule has 0 bridgehead atoms. The third kappa shape index (κ3) is 4.62. The number of hydrogen-bond donors (Lipinski definition) is 1. The average Bonchev–Trinajstić information content (AvgIpc) is 3.51. The molecule has 2 aromatic heterocycles. The zero-order valence-electron chi connectivity index (χ0n) is 20.9. The molecule has 0 radical (unpaired) electrons. The molecule has 0 spiro atoms. The van der Waals surface area contributed by atoms with E-state index >= 15 is 0 Å². The van der Waals surface area contributed by atoms with Crippen LogP contribution in [0.4, 0.5) is 33.6 Å². The number of pyridine rings is 1. The lowest BCUT2D eigenvalue weighted by molar-refractivity contribution is -0.138. The van der Waals surface area contributed by atoms with Crippen molar-refractivity contribution in [1.29, 1.82) is 0 Å². The van der Waals surface area contributed by atoms with Gasteiger partial charge >= 0.3 is 6.18 Å². The lowest BCUT2D eigenvalue weighted by Gasteiger charge is -2.42. The van der Waals surface area contributed by atoms with Gasteiger partial charge in [-0.05, 0) is 41.8 Å². The van der Waals surface area contributed by atoms with Gasteiger partial charge < -0.3 is 14.6 Å². The molecule has 1 aromatic carbocycles. The number of nitrogens with zero attached hydrogens (tertiary/aromatic N) is 5. The van der Waals surface area contributed by atoms with Crippen LogP contribution in [0.1, 0.15) is 52.1 Å². The van der Waals surface area contributed by atoms with Gasteiger partial charge in [-0.25, -0.2) is 13.8 Å². The summed E-state index contributed by atoms with van der Waals surface area (Å²) in [5, 5.41) is 11.2. The molecule has 3 aromatic rings. The number of carbonyl (C=O) groups is 1. The van der Waals surface area contributed by atoms with Crippen molar-refractivity contribution in [1.82, 2.24) is 19.7 Å². The van der Waals surface area contributed by atoms with Gasteiger partial charge in [0.1, 0.15) is 23.8 Å². The Bertz CT molecular complexity index is 1430. The number of nitrogens with one attached hydrogen (secondary N) is 1. The molecule has 1 aliphatic carbocycles. The van der Waals surface area contributed by atoms with Crippen LogP contribution in [0.25, 0.3) is 0 Å². The summed E-state index contributed by atoms with van der Waals surface area (Å²) in [5.41, 5.74) is -0.879. The minimum Gasteiger partial charge on any atom is -0.379 e. The number of rotatable bonds is 6. The maximum atomic E-state index is 13.9. The zero-order chi connectivity index (χ0) is 27.6. The summed E-state index contributed by atoms with van der Waals surface area (Å²) in [6.45, 7) is 0.349. The highest BCUT2D eigenvalue weighted by Gasteiger charge is 2.45. The summed E-state index contributed by atoms with van der Waals surface area (Å²) in [6, 6.07) is 6.41. The largest absolute Gasteiger partial charge is 0.416 e. The Morgan fingerprint density at radius 1 is 1.21 bits per heavy atom. The Morgan fingerprint density at radius 3 is 2.62 bits per heavy atom. The van der Waals surface area contributed by atoms with Gasteiger partial charge in [-0.1, -0.05) is 6.07 Å². The predicted octanol–water partition coefficient (Wildman–Crippen LogP) is 4.50. The van der Waals surface area contributed by atoms with Crippen LogP contribution < -0.4 is 10.2 Å². The topological polar surface area (TPSA) is 85.2 Å². The number of ether oxygens (including phenoxy) is 1. The van der Waals surface area contributed by atoms with Crippen molar-refractivity contribution in [2.45, 2.75) is 55.8 Å². The maximum Gasteiger partial charge on any atom is 0.416 e. The normalized spacial score (nSPS) is 21.6. The van der Waals surface area contributed by atoms with Crippen LogP contribution in [0, 0.1) is 0 Å². The fourth-order valence-electron chi connectivity index (χ4n) is 5.59. The minimum absolute atomic E-state index is 0.0391. The fourth-order valence-corrected chi connectivity index (χ4v) is 5.59. The number of benzene rings is 1. The molecule has 2 aliphatic heterocycles. The SMILES string of the molecule is Cn1cnnc1CC1(c2cc(NC3CCC(F)(F)C3)nc(N3Cc4c(cccc4C(F)(F)F)C3=O)c2)COC1. The number of hydrogen-bond acceptors (Lipinski definition) is 6. The quantitative estimate of drug-likeness (QED) is 0.457. The Balaban J connectivity index is 1.40. The first-order valence-electron chi connectivity index (χ1n) is 12.5. The summed E-state index contributed by atoms with van der Waals surface area (Å²) >= 11 is 0. The third-order valence-corrected chi connectivity index (χ3v) is 7.79. The van der Waals surface area contributed by atoms with Crippen LogP contribution in [0.3, 0.4) is 0 Å². The molecule has 1 unspecified atom stereocenters. The Labute approximate surface area is 220 Å². The second-order valence-corrected chi connectivity index (χ2v) is 10.6. The number of anilines is 2. The number of aryl methyl sites for hydroxylation is 1. The monoisotopic (exact) mass is 548 g/mol. The lowest BCUT2D eigenvalue weighted by atomic mass is 9.75. The van der Waals surface area contributed by atoms with Crippen molar-refractivity contribution >= 4 is 17.5 Å². The highest BCUT2D eigenvalue weighted by atomic mass is 19.4. The lowest BCUT2D eigenvalue weighted by Crippen LogP contribution is -2.49. The highest BCUT2D eigenvalue weighted by molar-refractivity contribution is 6.10. The van der Waals surface area contributed by atoms with E-state index in [0.29, 0.717) is 31.0 Å². The Hall–Kier alpha value is -3.61. The molecule has 8 nitrogen and oxygen atoms in total. The van der Waals surface area contributed by atoms with Crippen molar-refractivity contribution in [3.8, 4) is 0 Å². The van der Waals surface area contributed by atoms with Crippen molar-refractivity contribution in [3.05, 3.63) is 64.7 Å². The molecule has 13 heteroatoms. The number of carbonyl (C=O) groups excluding carboxylic acids is 1. The van der Waals surface area contributed by atoms with Crippen LogP contribution in [-0.4, -0.2) is 50.8 Å². The molecule has 1 amide bonds. The van der Waals surface area contributed by atoms with Gasteiger partial charge in [0.25, 0.3) is 5.91 Å². The van der Waals surface area contributed by atoms with E-state index in [1.807, 2.05) is 7.05 Å². The first kappa shape index (κ1) is 25.7. The number of fused-ring (bicyclic) bond motifs is 1. The highest BCUT2D eigenvalue weighted by Crippen LogP contribution is 2.42. The number of amides is 1. The molecule has 6 rings (SSSR count). The molecule has 1 saturated carbocycles. The summed E-state index contributed by atoms with van der Waals surface area (Å²) in [5.74, 6) is -2.28. The van der Waals surface area contributed by atoms with E-state index in [9.17, 15) is 26.7 Å². The molecule has 1 saturated heterocycles. The van der Waals surface area contributed by atoms with E-state index < -0.39 is 35.0 Å². The van der Waals surface area contributed by atoms with E-state index in [4.69, 9.17) is 4.74 Å². The summed E-state index contributed by atoms with van der Waals surface area (Å²) in [7, 11) is 1.81. The van der Waals surface area contributed by atoms with Gasteiger partial charge in [0.2, 0.25) is 5.92 Å². The fraction of sp³-hybridized carbons (Fsp3) is 0.462. The predicted molar refractivity (Wildman–Crippen MR) is 130 cm³/mol. The van der Waals surface area contributed by atoms with Crippen LogP contribution in [0.5, 0.6) is 0 Å². The Morgan fingerprint density at radius 2 is 2.00 bits per heavy atom. The molecule has 2 fully saturated rings. The minimum atomic E-state index is -4.62. The summed E-state index contributed by atoms with van der Waals surface area (Å²) in [4.78, 5) is 19.0. The number of alkyl halides is 5. The number of aromatic nitrogens is 4. The first-order valence-corrected chi connectivity index (χ1v) is 12.5. The van der Waals surface area contributed by atoms with Gasteiger partial charge in [0, 0.05) is 43.3 Å². The van der Waals surface area contributed by atoms with E-state index in [1.165, 1.54) is 17.0 Å². The van der Waals surface area contributed by atoms with Gasteiger partial charge in [-0.15, -0.1) is 10.2 Å². The van der Waals surface area contributed by atoms with Crippen LogP contribution >= 0.6 is 0 Å². The molecule has 39 heavy (non-hydrogen) atoms. The van der Waals surface area contributed by atoms with E-state index in [1.54, 1.807) is 23.0 Å². The molecule has 4 heterocycles. The maximum absolute atomic E-state index is 13.9. The molecule has 1 atom stereocenters. The van der Waals surface area contributed by atoms with Gasteiger partial charge in [0.15, 0.2) is 0 Å². The molecular weight excluding hydrogens is 523 g/mol. The van der Waals surface area contributed by atoms with Gasteiger partial charge in [0.05, 0.1) is 25.3 Å². The number of halogens is 5. The summed E-state index contributed by atoms with van der Waals surface area (Å²) < 4.78 is 76.2. The smallest absolute Gasteiger partial charge is 0.379 e. The van der Waals surface area contributed by atoms with Crippen LogP contribution in [0.15, 0.2) is 36.7 Å². The van der Waals surface area contributed by atoms with E-state index in [-0.39, 0.29) is 48.6 Å². The molecule has 1 N–H and O–H groups in total. The third-order valence-electron chi connectivity index (χ3n) is 7.79. The standard InChI is InChI=1S/C26H25F5N6O2/c1-36-14-32-35-22(36)10-24(12-39-13-24)15-7-20(33-16-5-6-25(27,28)9-16)34-21(8-15)37-11-18-17(23(37)38)3-2-4-19(18)26(29,30)31/h2-4,7-8,14,16H,5-6,9-13H2,1H3,(H,33,34). The van der Waals surface area contributed by atoms with E-state index in [2.05, 4.69) is 20.5 Å². The van der Waals surface area contributed by atoms with Crippen LogP contribution in [-0.2, 0) is 36.3 Å². The summed E-state index contributed by atoms with van der Waals surface area (Å²) in [6.07, 6.45) is -2.97. The van der Waals surface area contributed by atoms with Crippen molar-refractivity contribution in [2.24, 2.45) is 7.05 Å².